The largest absolute Gasteiger partial charge is 1.00 e. The molecule has 0 bridgehead atoms. The number of benzene rings is 1. The SMILES string of the molecule is N=C=S.O=P(O)(O)Cc1cc[c-]cc1.[Na+]. The zero-order chi connectivity index (χ0) is 11.0. The van der Waals surface area contributed by atoms with Gasteiger partial charge < -0.3 is 9.79 Å². The van der Waals surface area contributed by atoms with Crippen molar-refractivity contribution in [2.45, 2.75) is 6.16 Å². The Kier molecular flexibility index (Phi) is 11.0. The van der Waals surface area contributed by atoms with Crippen LogP contribution in [0.2, 0.25) is 0 Å². The van der Waals surface area contributed by atoms with Gasteiger partial charge in [0.2, 0.25) is 0 Å². The number of isothiocyanates is 1. The molecule has 3 N–H and O–H groups in total. The normalized spacial score (nSPS) is 8.93. The van der Waals surface area contributed by atoms with E-state index in [0.29, 0.717) is 5.56 Å². The van der Waals surface area contributed by atoms with E-state index in [4.69, 9.17) is 15.2 Å². The molecule has 0 spiro atoms. The molecule has 76 valence electrons. The first kappa shape index (κ1) is 17.6. The van der Waals surface area contributed by atoms with Gasteiger partial charge in [-0.1, -0.05) is 0 Å². The van der Waals surface area contributed by atoms with Crippen molar-refractivity contribution in [3.05, 3.63) is 35.9 Å². The minimum absolute atomic E-state index is 0. The average molecular weight is 253 g/mol. The third-order valence-corrected chi connectivity index (χ3v) is 1.95. The zero-order valence-electron chi connectivity index (χ0n) is 8.17. The van der Waals surface area contributed by atoms with Gasteiger partial charge in [0.05, 0.1) is 11.3 Å². The van der Waals surface area contributed by atoms with Crippen LogP contribution in [0.15, 0.2) is 24.3 Å². The van der Waals surface area contributed by atoms with Crippen LogP contribution >= 0.6 is 19.8 Å². The first-order valence-corrected chi connectivity index (χ1v) is 5.73. The standard InChI is InChI=1S/C7H8O3P.CHNS.Na/c8-11(9,10)6-7-4-2-1-3-5-7;2-1-3;/h2-5H,6H2,(H2,8,9,10);2H;/q-1;;+1. The van der Waals surface area contributed by atoms with E-state index >= 15 is 0 Å². The predicted molar refractivity (Wildman–Crippen MR) is 56.3 cm³/mol. The minimum Gasteiger partial charge on any atom is -0.324 e. The maximum Gasteiger partial charge on any atom is 1.00 e. The molecule has 0 atom stereocenters. The first-order valence-electron chi connectivity index (χ1n) is 3.53. The molecule has 0 fully saturated rings. The Morgan fingerprint density at radius 2 is 1.87 bits per heavy atom. The Labute approximate surface area is 116 Å². The van der Waals surface area contributed by atoms with Crippen molar-refractivity contribution < 1.29 is 43.9 Å². The van der Waals surface area contributed by atoms with E-state index in [1.807, 2.05) is 0 Å². The summed E-state index contributed by atoms with van der Waals surface area (Å²) in [5.74, 6) is 0. The summed E-state index contributed by atoms with van der Waals surface area (Å²) in [5.41, 5.74) is 0.636. The molecule has 15 heavy (non-hydrogen) atoms. The summed E-state index contributed by atoms with van der Waals surface area (Å²) in [5, 5.41) is 7.36. The molecule has 7 heteroatoms. The number of nitrogens with one attached hydrogen (secondary N) is 1. The van der Waals surface area contributed by atoms with Gasteiger partial charge in [-0.15, -0.1) is 5.56 Å². The third kappa shape index (κ3) is 12.1. The van der Waals surface area contributed by atoms with Crippen molar-refractivity contribution in [2.24, 2.45) is 0 Å². The number of hydrogen-bond acceptors (Lipinski definition) is 3. The molecule has 0 saturated carbocycles. The smallest absolute Gasteiger partial charge is 0.324 e. The molecule has 0 heterocycles. The van der Waals surface area contributed by atoms with Crippen LogP contribution < -0.4 is 29.6 Å². The van der Waals surface area contributed by atoms with Gasteiger partial charge in [0.25, 0.3) is 0 Å². The predicted octanol–water partition coefficient (Wildman–Crippen LogP) is -1.16. The van der Waals surface area contributed by atoms with Crippen molar-refractivity contribution in [3.63, 3.8) is 0 Å². The summed E-state index contributed by atoms with van der Waals surface area (Å²) in [6.07, 6.45) is -0.193. The fraction of sp³-hybridized carbons (Fsp3) is 0.125. The van der Waals surface area contributed by atoms with Gasteiger partial charge in [-0.25, -0.2) is 5.41 Å². The Bertz CT molecular complexity index is 348. The van der Waals surface area contributed by atoms with Gasteiger partial charge in [-0.2, -0.15) is 30.3 Å². The van der Waals surface area contributed by atoms with Crippen LogP contribution in [0.5, 0.6) is 0 Å². The van der Waals surface area contributed by atoms with Crippen LogP contribution in [0.25, 0.3) is 0 Å². The van der Waals surface area contributed by atoms with Gasteiger partial charge in [0, 0.05) is 0 Å². The Morgan fingerprint density at radius 1 is 1.47 bits per heavy atom. The Balaban J connectivity index is 0. The van der Waals surface area contributed by atoms with Gasteiger partial charge in [-0.05, 0) is 12.2 Å². The van der Waals surface area contributed by atoms with Crippen LogP contribution in [-0.2, 0) is 10.7 Å². The minimum atomic E-state index is -3.90. The molecular formula is C8H9NNaO3PS. The number of hydrogen-bond donors (Lipinski definition) is 3. The van der Waals surface area contributed by atoms with E-state index < -0.39 is 7.60 Å². The third-order valence-electron chi connectivity index (χ3n) is 1.18. The molecule has 1 aromatic carbocycles. The first-order chi connectivity index (χ1) is 6.49. The Morgan fingerprint density at radius 3 is 2.20 bits per heavy atom. The van der Waals surface area contributed by atoms with Crippen LogP contribution in [0.3, 0.4) is 0 Å². The molecule has 4 nitrogen and oxygen atoms in total. The number of thiocarbonyl (C=S) groups is 1. The van der Waals surface area contributed by atoms with Crippen molar-refractivity contribution in [2.75, 3.05) is 0 Å². The second-order valence-electron chi connectivity index (χ2n) is 2.33. The second-order valence-corrected chi connectivity index (χ2v) is 4.18. The number of rotatable bonds is 2. The molecule has 1 rings (SSSR count). The van der Waals surface area contributed by atoms with Gasteiger partial charge in [0.15, 0.2) is 0 Å². The molecule has 0 radical (unpaired) electrons. The molecule has 0 aliphatic rings. The fourth-order valence-corrected chi connectivity index (χ4v) is 1.45. The van der Waals surface area contributed by atoms with Crippen molar-refractivity contribution >= 4 is 25.0 Å². The molecule has 0 aliphatic heterocycles. The van der Waals surface area contributed by atoms with Crippen LogP contribution in [0.1, 0.15) is 5.56 Å². The van der Waals surface area contributed by atoms with E-state index in [0.717, 1.165) is 0 Å². The molecule has 0 aliphatic carbocycles. The van der Waals surface area contributed by atoms with E-state index in [1.54, 1.807) is 29.4 Å². The molecule has 0 amide bonds. The Hall–Kier alpha value is 0.170. The zero-order valence-corrected chi connectivity index (χ0v) is 11.9. The summed E-state index contributed by atoms with van der Waals surface area (Å²) in [6.45, 7) is 0. The molecule has 0 saturated heterocycles. The molecule has 0 unspecified atom stereocenters. The van der Waals surface area contributed by atoms with Gasteiger partial charge in [0.1, 0.15) is 0 Å². The molecule has 1 aromatic rings. The van der Waals surface area contributed by atoms with Crippen LogP contribution in [-0.4, -0.2) is 14.9 Å². The van der Waals surface area contributed by atoms with Crippen LogP contribution in [0.4, 0.5) is 0 Å². The van der Waals surface area contributed by atoms with E-state index in [1.165, 1.54) is 0 Å². The topological polar surface area (TPSA) is 81.4 Å². The molecular weight excluding hydrogens is 244 g/mol. The summed E-state index contributed by atoms with van der Waals surface area (Å²) < 4.78 is 10.5. The van der Waals surface area contributed by atoms with Gasteiger partial charge in [-0.3, -0.25) is 4.57 Å². The second kappa shape index (κ2) is 9.40. The van der Waals surface area contributed by atoms with E-state index in [9.17, 15) is 4.57 Å². The fourth-order valence-electron chi connectivity index (χ4n) is 0.765. The van der Waals surface area contributed by atoms with E-state index in [-0.39, 0.29) is 35.7 Å². The monoisotopic (exact) mass is 253 g/mol. The van der Waals surface area contributed by atoms with Crippen LogP contribution in [0, 0.1) is 11.5 Å². The maximum atomic E-state index is 10.5. The van der Waals surface area contributed by atoms with Gasteiger partial charge >= 0.3 is 37.2 Å². The van der Waals surface area contributed by atoms with Crippen molar-refractivity contribution in [1.29, 1.82) is 5.41 Å². The summed E-state index contributed by atoms with van der Waals surface area (Å²) in [4.78, 5) is 17.1. The average Bonchev–Trinajstić information content (AvgIpc) is 2.04. The quantitative estimate of drug-likeness (QED) is 0.204. The maximum absolute atomic E-state index is 10.5. The summed E-state index contributed by atoms with van der Waals surface area (Å²) in [7, 11) is -3.90. The summed E-state index contributed by atoms with van der Waals surface area (Å²) in [6, 6.07) is 9.30. The van der Waals surface area contributed by atoms with E-state index in [2.05, 4.69) is 18.3 Å². The van der Waals surface area contributed by atoms with Crippen molar-refractivity contribution in [1.82, 2.24) is 0 Å². The molecule has 0 aromatic heterocycles. The van der Waals surface area contributed by atoms with Crippen molar-refractivity contribution in [3.8, 4) is 0 Å². The summed E-state index contributed by atoms with van der Waals surface area (Å²) >= 11 is 3.81.